The third-order valence-corrected chi connectivity index (χ3v) is 6.61. The number of nitrogens with one attached hydrogen (secondary N) is 1. The Kier molecular flexibility index (Phi) is 22.5. The van der Waals surface area contributed by atoms with Crippen LogP contribution in [0.5, 0.6) is 0 Å². The van der Waals surface area contributed by atoms with Crippen molar-refractivity contribution in [2.24, 2.45) is 0 Å². The van der Waals surface area contributed by atoms with Crippen molar-refractivity contribution < 1.29 is 9.47 Å². The van der Waals surface area contributed by atoms with Gasteiger partial charge in [0.15, 0.2) is 0 Å². The van der Waals surface area contributed by atoms with E-state index in [0.717, 1.165) is 32.7 Å². The first-order chi connectivity index (χ1) is 16.4. The van der Waals surface area contributed by atoms with E-state index in [1.165, 1.54) is 109 Å². The second kappa shape index (κ2) is 24.5. The minimum atomic E-state index is 0.253. The number of ether oxygens (including phenoxy) is 2. The van der Waals surface area contributed by atoms with E-state index in [2.05, 4.69) is 43.5 Å². The summed E-state index contributed by atoms with van der Waals surface area (Å²) in [6, 6.07) is 0. The summed E-state index contributed by atoms with van der Waals surface area (Å²) in [6.07, 6.45) is 33.3. The van der Waals surface area contributed by atoms with Crippen LogP contribution in [-0.4, -0.2) is 38.5 Å². The van der Waals surface area contributed by atoms with E-state index in [1.54, 1.807) is 0 Å². The number of rotatable bonds is 24. The van der Waals surface area contributed by atoms with Gasteiger partial charge in [0.2, 0.25) is 0 Å². The normalized spacial score (nSPS) is 18.8. The van der Waals surface area contributed by atoms with Gasteiger partial charge in [-0.15, -0.1) is 0 Å². The standard InChI is InChI=1S/C30H57NO2/c1-3-5-7-9-11-12-13-14-15-16-17-18-19-20-22-24-26-33-30-28-31-27-29(30)32-25-23-21-10-8-6-4-2/h11-12,14-15,29-31H,3-10,13,16-28H2,1-2H3/b12-11-,15-14-. The number of hydrogen-bond donors (Lipinski definition) is 1. The average molecular weight is 464 g/mol. The van der Waals surface area contributed by atoms with Gasteiger partial charge in [-0.05, 0) is 44.9 Å². The fourth-order valence-corrected chi connectivity index (χ4v) is 4.41. The van der Waals surface area contributed by atoms with E-state index in [-0.39, 0.29) is 12.2 Å². The molecule has 0 radical (unpaired) electrons. The van der Waals surface area contributed by atoms with Gasteiger partial charge in [0.05, 0.1) is 12.2 Å². The van der Waals surface area contributed by atoms with Crippen LogP contribution in [0.4, 0.5) is 0 Å². The smallest absolute Gasteiger partial charge is 0.0973 e. The van der Waals surface area contributed by atoms with Crippen LogP contribution in [0.3, 0.4) is 0 Å². The molecule has 1 rings (SSSR count). The summed E-state index contributed by atoms with van der Waals surface area (Å²) in [5.74, 6) is 0. The lowest BCUT2D eigenvalue weighted by Crippen LogP contribution is -2.30. The highest BCUT2D eigenvalue weighted by molar-refractivity contribution is 4.92. The van der Waals surface area contributed by atoms with E-state index < -0.39 is 0 Å². The Morgan fingerprint density at radius 1 is 0.545 bits per heavy atom. The Balaban J connectivity index is 1.85. The molecule has 0 aromatic heterocycles. The van der Waals surface area contributed by atoms with Crippen LogP contribution < -0.4 is 5.32 Å². The van der Waals surface area contributed by atoms with Crippen molar-refractivity contribution in [3.8, 4) is 0 Å². The van der Waals surface area contributed by atoms with Crippen LogP contribution in [0.1, 0.15) is 129 Å². The molecule has 0 amide bonds. The number of hydrogen-bond acceptors (Lipinski definition) is 3. The van der Waals surface area contributed by atoms with E-state index in [0.29, 0.717) is 0 Å². The molecule has 1 aliphatic heterocycles. The first-order valence-corrected chi connectivity index (χ1v) is 14.6. The van der Waals surface area contributed by atoms with Gasteiger partial charge in [-0.2, -0.15) is 0 Å². The highest BCUT2D eigenvalue weighted by Gasteiger charge is 2.28. The molecule has 1 aliphatic rings. The molecule has 0 aliphatic carbocycles. The maximum Gasteiger partial charge on any atom is 0.0973 e. The predicted octanol–water partition coefficient (Wildman–Crippen LogP) is 8.53. The van der Waals surface area contributed by atoms with E-state index in [4.69, 9.17) is 9.47 Å². The molecule has 3 nitrogen and oxygen atoms in total. The van der Waals surface area contributed by atoms with Crippen molar-refractivity contribution in [3.05, 3.63) is 24.3 Å². The zero-order valence-corrected chi connectivity index (χ0v) is 22.3. The SMILES string of the molecule is CCCCC/C=C\C/C=C\CCCCCCCCOC1CNCC1OCCCCCCCC. The first-order valence-electron chi connectivity index (χ1n) is 14.6. The third kappa shape index (κ3) is 19.4. The zero-order chi connectivity index (χ0) is 23.7. The van der Waals surface area contributed by atoms with Crippen LogP contribution in [0.2, 0.25) is 0 Å². The lowest BCUT2D eigenvalue weighted by Gasteiger charge is -2.20. The Labute approximate surface area is 207 Å². The van der Waals surface area contributed by atoms with Gasteiger partial charge >= 0.3 is 0 Å². The molecule has 194 valence electrons. The summed E-state index contributed by atoms with van der Waals surface area (Å²) in [5, 5.41) is 3.44. The molecule has 33 heavy (non-hydrogen) atoms. The highest BCUT2D eigenvalue weighted by Crippen LogP contribution is 2.13. The molecule has 0 saturated carbocycles. The van der Waals surface area contributed by atoms with Crippen LogP contribution in [-0.2, 0) is 9.47 Å². The molecule has 3 heteroatoms. The minimum Gasteiger partial charge on any atom is -0.374 e. The topological polar surface area (TPSA) is 30.5 Å². The lowest BCUT2D eigenvalue weighted by molar-refractivity contribution is -0.0481. The van der Waals surface area contributed by atoms with Crippen molar-refractivity contribution in [1.82, 2.24) is 5.32 Å². The maximum absolute atomic E-state index is 6.14. The molecule has 2 atom stereocenters. The first kappa shape index (κ1) is 30.4. The third-order valence-electron chi connectivity index (χ3n) is 6.61. The number of allylic oxidation sites excluding steroid dienone is 4. The predicted molar refractivity (Wildman–Crippen MR) is 145 cm³/mol. The van der Waals surface area contributed by atoms with E-state index in [9.17, 15) is 0 Å². The molecule has 0 aromatic rings. The average Bonchev–Trinajstić information content (AvgIpc) is 3.27. The van der Waals surface area contributed by atoms with Gasteiger partial charge in [-0.3, -0.25) is 0 Å². The van der Waals surface area contributed by atoms with Crippen molar-refractivity contribution in [1.29, 1.82) is 0 Å². The Morgan fingerprint density at radius 3 is 1.52 bits per heavy atom. The second-order valence-corrected chi connectivity index (χ2v) is 9.83. The van der Waals surface area contributed by atoms with Crippen LogP contribution in [0.15, 0.2) is 24.3 Å². The van der Waals surface area contributed by atoms with Crippen LogP contribution >= 0.6 is 0 Å². The summed E-state index contributed by atoms with van der Waals surface area (Å²) in [5.41, 5.74) is 0. The zero-order valence-electron chi connectivity index (χ0n) is 22.3. The highest BCUT2D eigenvalue weighted by atomic mass is 16.5. The Morgan fingerprint density at radius 2 is 0.970 bits per heavy atom. The molecular formula is C30H57NO2. The van der Waals surface area contributed by atoms with Crippen molar-refractivity contribution in [2.45, 2.75) is 142 Å². The molecule has 0 aromatic carbocycles. The summed E-state index contributed by atoms with van der Waals surface area (Å²) < 4.78 is 12.3. The largest absolute Gasteiger partial charge is 0.374 e. The molecule has 1 saturated heterocycles. The number of unbranched alkanes of at least 4 members (excludes halogenated alkanes) is 14. The van der Waals surface area contributed by atoms with Crippen LogP contribution in [0, 0.1) is 0 Å². The fraction of sp³-hybridized carbons (Fsp3) is 0.867. The Bertz CT molecular complexity index is 449. The molecule has 2 unspecified atom stereocenters. The van der Waals surface area contributed by atoms with E-state index in [1.807, 2.05) is 0 Å². The molecule has 1 N–H and O–H groups in total. The van der Waals surface area contributed by atoms with Crippen molar-refractivity contribution >= 4 is 0 Å². The minimum absolute atomic E-state index is 0.253. The Hall–Kier alpha value is -0.640. The quantitative estimate of drug-likeness (QED) is 0.115. The summed E-state index contributed by atoms with van der Waals surface area (Å²) >= 11 is 0. The van der Waals surface area contributed by atoms with Gasteiger partial charge < -0.3 is 14.8 Å². The summed E-state index contributed by atoms with van der Waals surface area (Å²) in [7, 11) is 0. The monoisotopic (exact) mass is 463 g/mol. The van der Waals surface area contributed by atoms with E-state index >= 15 is 0 Å². The molecule has 1 heterocycles. The molecular weight excluding hydrogens is 406 g/mol. The van der Waals surface area contributed by atoms with Gasteiger partial charge in [0, 0.05) is 26.3 Å². The van der Waals surface area contributed by atoms with Gasteiger partial charge in [0.1, 0.15) is 0 Å². The maximum atomic E-state index is 6.14. The van der Waals surface area contributed by atoms with Crippen molar-refractivity contribution in [3.63, 3.8) is 0 Å². The van der Waals surface area contributed by atoms with Crippen molar-refractivity contribution in [2.75, 3.05) is 26.3 Å². The van der Waals surface area contributed by atoms with Gasteiger partial charge in [0.25, 0.3) is 0 Å². The summed E-state index contributed by atoms with van der Waals surface area (Å²) in [6.45, 7) is 8.21. The second-order valence-electron chi connectivity index (χ2n) is 9.83. The van der Waals surface area contributed by atoms with Crippen LogP contribution in [0.25, 0.3) is 0 Å². The molecule has 1 fully saturated rings. The van der Waals surface area contributed by atoms with Gasteiger partial charge in [-0.1, -0.05) is 109 Å². The fourth-order valence-electron chi connectivity index (χ4n) is 4.41. The lowest BCUT2D eigenvalue weighted by atomic mass is 10.1. The van der Waals surface area contributed by atoms with Gasteiger partial charge in [-0.25, -0.2) is 0 Å². The summed E-state index contributed by atoms with van der Waals surface area (Å²) in [4.78, 5) is 0. The molecule has 0 spiro atoms. The molecule has 0 bridgehead atoms.